The minimum absolute atomic E-state index is 0.215. The smallest absolute Gasteiger partial charge is 0.223 e. The second-order valence-corrected chi connectivity index (χ2v) is 6.77. The number of ether oxygens (including phenoxy) is 1. The van der Waals surface area contributed by atoms with Crippen molar-refractivity contribution in [3.8, 4) is 0 Å². The third-order valence-corrected chi connectivity index (χ3v) is 5.02. The SMILES string of the molecule is O=C(CCc1cnccn1)N1CCO[C@@H](CC2CCCCC2)C1. The van der Waals surface area contributed by atoms with Crippen molar-refractivity contribution in [3.63, 3.8) is 0 Å². The predicted octanol–water partition coefficient (Wildman–Crippen LogP) is 2.61. The first-order valence-electron chi connectivity index (χ1n) is 8.95. The molecule has 0 bridgehead atoms. The summed E-state index contributed by atoms with van der Waals surface area (Å²) in [6.45, 7) is 2.16. The zero-order chi connectivity index (χ0) is 15.9. The lowest BCUT2D eigenvalue weighted by Gasteiger charge is -2.35. The third kappa shape index (κ3) is 4.99. The number of amides is 1. The molecule has 2 aliphatic rings. The van der Waals surface area contributed by atoms with Gasteiger partial charge in [0.15, 0.2) is 0 Å². The monoisotopic (exact) mass is 317 g/mol. The molecule has 1 saturated carbocycles. The molecular formula is C18H27N3O2. The van der Waals surface area contributed by atoms with Crippen molar-refractivity contribution in [2.24, 2.45) is 5.92 Å². The highest BCUT2D eigenvalue weighted by Crippen LogP contribution is 2.29. The molecule has 1 atom stereocenters. The van der Waals surface area contributed by atoms with Gasteiger partial charge in [-0.1, -0.05) is 32.1 Å². The number of nitrogens with zero attached hydrogens (tertiary/aromatic N) is 3. The van der Waals surface area contributed by atoms with Gasteiger partial charge in [-0.2, -0.15) is 0 Å². The fraction of sp³-hybridized carbons (Fsp3) is 0.722. The van der Waals surface area contributed by atoms with Crippen LogP contribution in [0.1, 0.15) is 50.6 Å². The van der Waals surface area contributed by atoms with Crippen molar-refractivity contribution in [1.82, 2.24) is 14.9 Å². The summed E-state index contributed by atoms with van der Waals surface area (Å²) in [6.07, 6.45) is 14.4. The molecule has 1 aliphatic carbocycles. The highest BCUT2D eigenvalue weighted by molar-refractivity contribution is 5.76. The molecule has 5 heteroatoms. The molecule has 1 aliphatic heterocycles. The van der Waals surface area contributed by atoms with Gasteiger partial charge in [0.25, 0.3) is 0 Å². The van der Waals surface area contributed by atoms with E-state index in [0.717, 1.165) is 31.1 Å². The molecule has 0 N–H and O–H groups in total. The topological polar surface area (TPSA) is 55.3 Å². The van der Waals surface area contributed by atoms with E-state index in [2.05, 4.69) is 9.97 Å². The number of aromatic nitrogens is 2. The molecule has 2 fully saturated rings. The Morgan fingerprint density at radius 3 is 2.91 bits per heavy atom. The predicted molar refractivity (Wildman–Crippen MR) is 87.9 cm³/mol. The molecule has 5 nitrogen and oxygen atoms in total. The van der Waals surface area contributed by atoms with Crippen molar-refractivity contribution in [3.05, 3.63) is 24.3 Å². The first-order valence-corrected chi connectivity index (χ1v) is 8.95. The molecular weight excluding hydrogens is 290 g/mol. The highest BCUT2D eigenvalue weighted by Gasteiger charge is 2.27. The molecule has 0 unspecified atom stereocenters. The molecule has 0 radical (unpaired) electrons. The maximum atomic E-state index is 12.4. The van der Waals surface area contributed by atoms with Crippen molar-refractivity contribution in [2.75, 3.05) is 19.7 Å². The Morgan fingerprint density at radius 2 is 2.13 bits per heavy atom. The Kier molecular flexibility index (Phi) is 5.97. The van der Waals surface area contributed by atoms with E-state index in [-0.39, 0.29) is 12.0 Å². The molecule has 0 aromatic carbocycles. The number of aryl methyl sites for hydroxylation is 1. The van der Waals surface area contributed by atoms with Gasteiger partial charge in [-0.25, -0.2) is 0 Å². The number of carbonyl (C=O) groups is 1. The minimum Gasteiger partial charge on any atom is -0.375 e. The third-order valence-electron chi connectivity index (χ3n) is 5.02. The Morgan fingerprint density at radius 1 is 1.26 bits per heavy atom. The van der Waals surface area contributed by atoms with Gasteiger partial charge >= 0.3 is 0 Å². The summed E-state index contributed by atoms with van der Waals surface area (Å²) in [6, 6.07) is 0. The van der Waals surface area contributed by atoms with Crippen LogP contribution in [0.2, 0.25) is 0 Å². The van der Waals surface area contributed by atoms with Gasteiger partial charge < -0.3 is 9.64 Å². The van der Waals surface area contributed by atoms with Crippen LogP contribution in [0.15, 0.2) is 18.6 Å². The van der Waals surface area contributed by atoms with Crippen LogP contribution in [0.4, 0.5) is 0 Å². The zero-order valence-electron chi connectivity index (χ0n) is 13.8. The van der Waals surface area contributed by atoms with Crippen molar-refractivity contribution >= 4 is 5.91 Å². The van der Waals surface area contributed by atoms with Crippen molar-refractivity contribution in [1.29, 1.82) is 0 Å². The molecule has 3 rings (SSSR count). The average Bonchev–Trinajstić information content (AvgIpc) is 2.62. The van der Waals surface area contributed by atoms with Gasteiger partial charge in [0.2, 0.25) is 5.91 Å². The van der Waals surface area contributed by atoms with E-state index < -0.39 is 0 Å². The second kappa shape index (κ2) is 8.39. The fourth-order valence-electron chi connectivity index (χ4n) is 3.74. The maximum absolute atomic E-state index is 12.4. The van der Waals surface area contributed by atoms with Gasteiger partial charge in [-0.05, 0) is 18.8 Å². The van der Waals surface area contributed by atoms with Crippen LogP contribution in [-0.4, -0.2) is 46.6 Å². The summed E-state index contributed by atoms with van der Waals surface area (Å²) in [5, 5.41) is 0. The van der Waals surface area contributed by atoms with Crippen LogP contribution in [0.3, 0.4) is 0 Å². The minimum atomic E-state index is 0.215. The van der Waals surface area contributed by atoms with Crippen LogP contribution in [0, 0.1) is 5.92 Å². The van der Waals surface area contributed by atoms with E-state index in [0.29, 0.717) is 19.4 Å². The number of rotatable bonds is 5. The van der Waals surface area contributed by atoms with Gasteiger partial charge in [-0.15, -0.1) is 0 Å². The zero-order valence-corrected chi connectivity index (χ0v) is 13.8. The van der Waals surface area contributed by atoms with E-state index in [1.165, 1.54) is 32.1 Å². The normalized spacial score (nSPS) is 23.0. The molecule has 1 aromatic heterocycles. The quantitative estimate of drug-likeness (QED) is 0.837. The van der Waals surface area contributed by atoms with Crippen molar-refractivity contribution < 1.29 is 9.53 Å². The van der Waals surface area contributed by atoms with Gasteiger partial charge in [0.05, 0.1) is 18.4 Å². The number of morpholine rings is 1. The first kappa shape index (κ1) is 16.4. The fourth-order valence-corrected chi connectivity index (χ4v) is 3.74. The molecule has 126 valence electrons. The van der Waals surface area contributed by atoms with Crippen LogP contribution in [0.5, 0.6) is 0 Å². The Labute approximate surface area is 138 Å². The highest BCUT2D eigenvalue weighted by atomic mass is 16.5. The number of carbonyl (C=O) groups excluding carboxylic acids is 1. The standard InChI is InChI=1S/C18H27N3O2/c22-18(7-6-16-13-19-8-9-20-16)21-10-11-23-17(14-21)12-15-4-2-1-3-5-15/h8-9,13,15,17H,1-7,10-12,14H2/t17-/m0/s1. The summed E-state index contributed by atoms with van der Waals surface area (Å²) < 4.78 is 5.91. The van der Waals surface area contributed by atoms with Crippen LogP contribution >= 0.6 is 0 Å². The summed E-state index contributed by atoms with van der Waals surface area (Å²) in [5.41, 5.74) is 0.882. The van der Waals surface area contributed by atoms with Gasteiger partial charge in [-0.3, -0.25) is 14.8 Å². The lowest BCUT2D eigenvalue weighted by atomic mass is 9.85. The first-order chi connectivity index (χ1) is 11.3. The van der Waals surface area contributed by atoms with Crippen LogP contribution in [-0.2, 0) is 16.0 Å². The van der Waals surface area contributed by atoms with Crippen LogP contribution in [0.25, 0.3) is 0 Å². The summed E-state index contributed by atoms with van der Waals surface area (Å²) in [7, 11) is 0. The van der Waals surface area contributed by atoms with Gasteiger partial charge in [0.1, 0.15) is 0 Å². The molecule has 23 heavy (non-hydrogen) atoms. The van der Waals surface area contributed by atoms with Gasteiger partial charge in [0, 0.05) is 38.1 Å². The number of hydrogen-bond donors (Lipinski definition) is 0. The molecule has 1 aromatic rings. The summed E-state index contributed by atoms with van der Waals surface area (Å²) in [5.74, 6) is 1.01. The average molecular weight is 317 g/mol. The summed E-state index contributed by atoms with van der Waals surface area (Å²) >= 11 is 0. The van der Waals surface area contributed by atoms with E-state index in [1.54, 1.807) is 18.6 Å². The van der Waals surface area contributed by atoms with E-state index >= 15 is 0 Å². The lowest BCUT2D eigenvalue weighted by Crippen LogP contribution is -2.46. The second-order valence-electron chi connectivity index (χ2n) is 6.77. The molecule has 1 amide bonds. The van der Waals surface area contributed by atoms with E-state index in [1.807, 2.05) is 4.90 Å². The van der Waals surface area contributed by atoms with E-state index in [9.17, 15) is 4.79 Å². The largest absolute Gasteiger partial charge is 0.375 e. The van der Waals surface area contributed by atoms with Crippen molar-refractivity contribution in [2.45, 2.75) is 57.5 Å². The Bertz CT molecular complexity index is 488. The molecule has 1 saturated heterocycles. The lowest BCUT2D eigenvalue weighted by molar-refractivity contribution is -0.139. The molecule has 0 spiro atoms. The molecule has 2 heterocycles. The maximum Gasteiger partial charge on any atom is 0.223 e. The number of hydrogen-bond acceptors (Lipinski definition) is 4. The Hall–Kier alpha value is -1.49. The van der Waals surface area contributed by atoms with E-state index in [4.69, 9.17) is 4.74 Å². The Balaban J connectivity index is 1.44. The van der Waals surface area contributed by atoms with Crippen LogP contribution < -0.4 is 0 Å². The summed E-state index contributed by atoms with van der Waals surface area (Å²) in [4.78, 5) is 22.7.